The number of hydrogen-bond donors (Lipinski definition) is 1. The number of aryl methyl sites for hydroxylation is 1. The molecule has 0 bridgehead atoms. The molecular weight excluding hydrogens is 334 g/mol. The molecule has 4 rings (SSSR count). The van der Waals surface area contributed by atoms with Gasteiger partial charge in [-0.2, -0.15) is 5.10 Å². The highest BCUT2D eigenvalue weighted by molar-refractivity contribution is 7.89. The lowest BCUT2D eigenvalue weighted by molar-refractivity contribution is 0.548. The Kier molecular flexibility index (Phi) is 4.65. The van der Waals surface area contributed by atoms with E-state index in [2.05, 4.69) is 10.8 Å². The molecule has 2 fully saturated rings. The van der Waals surface area contributed by atoms with Crippen molar-refractivity contribution >= 4 is 10.0 Å². The third-order valence-electron chi connectivity index (χ3n) is 4.97. The van der Waals surface area contributed by atoms with Crippen LogP contribution in [0.15, 0.2) is 36.4 Å². The van der Waals surface area contributed by atoms with Crippen molar-refractivity contribution in [3.05, 3.63) is 53.3 Å². The second kappa shape index (κ2) is 6.92. The van der Waals surface area contributed by atoms with E-state index >= 15 is 0 Å². The van der Waals surface area contributed by atoms with Crippen LogP contribution < -0.4 is 4.72 Å². The van der Waals surface area contributed by atoms with Gasteiger partial charge in [0.25, 0.3) is 0 Å². The minimum Gasteiger partial charge on any atom is -0.268 e. The van der Waals surface area contributed by atoms with Gasteiger partial charge in [0, 0.05) is 24.1 Å². The Labute approximate surface area is 149 Å². The molecule has 2 aliphatic carbocycles. The molecule has 0 saturated heterocycles. The summed E-state index contributed by atoms with van der Waals surface area (Å²) in [5, 5.41) is 4.73. The van der Waals surface area contributed by atoms with E-state index < -0.39 is 10.0 Å². The van der Waals surface area contributed by atoms with Crippen LogP contribution in [0.5, 0.6) is 0 Å². The van der Waals surface area contributed by atoms with E-state index in [1.807, 2.05) is 35.0 Å². The Morgan fingerprint density at radius 1 is 1.08 bits per heavy atom. The van der Waals surface area contributed by atoms with Crippen molar-refractivity contribution in [3.8, 4) is 0 Å². The number of aromatic nitrogens is 2. The average Bonchev–Trinajstić information content (AvgIpc) is 3.53. The number of nitrogens with zero attached hydrogens (tertiary/aromatic N) is 2. The van der Waals surface area contributed by atoms with Crippen LogP contribution in [0.1, 0.15) is 54.5 Å². The van der Waals surface area contributed by atoms with Crippen molar-refractivity contribution < 1.29 is 8.42 Å². The molecule has 2 saturated carbocycles. The first kappa shape index (κ1) is 16.8. The Hall–Kier alpha value is -1.66. The lowest BCUT2D eigenvalue weighted by Gasteiger charge is -2.09. The average molecular weight is 359 g/mol. The topological polar surface area (TPSA) is 64.0 Å². The predicted molar refractivity (Wildman–Crippen MR) is 98.1 cm³/mol. The van der Waals surface area contributed by atoms with Gasteiger partial charge in [-0.1, -0.05) is 30.3 Å². The molecule has 2 aromatic rings. The van der Waals surface area contributed by atoms with E-state index in [4.69, 9.17) is 5.10 Å². The summed E-state index contributed by atoms with van der Waals surface area (Å²) in [4.78, 5) is 0. The molecule has 1 heterocycles. The fourth-order valence-corrected chi connectivity index (χ4v) is 4.24. The van der Waals surface area contributed by atoms with Gasteiger partial charge in [0.05, 0.1) is 18.0 Å². The van der Waals surface area contributed by atoms with Gasteiger partial charge in [-0.3, -0.25) is 4.68 Å². The molecule has 1 aromatic heterocycles. The highest BCUT2D eigenvalue weighted by atomic mass is 32.2. The molecular formula is C19H25N3O2S. The normalized spacial score (nSPS) is 17.8. The summed E-state index contributed by atoms with van der Waals surface area (Å²) in [6.45, 7) is 1.02. The van der Waals surface area contributed by atoms with Crippen molar-refractivity contribution in [2.24, 2.45) is 0 Å². The first-order chi connectivity index (χ1) is 12.1. The smallest absolute Gasteiger partial charge is 0.211 e. The molecule has 0 spiro atoms. The lowest BCUT2D eigenvalue weighted by atomic mass is 10.2. The molecule has 2 aliphatic rings. The summed E-state index contributed by atoms with van der Waals surface area (Å²) in [5.41, 5.74) is 3.55. The molecule has 0 radical (unpaired) electrons. The zero-order valence-electron chi connectivity index (χ0n) is 14.4. The first-order valence-corrected chi connectivity index (χ1v) is 10.8. The molecule has 0 atom stereocenters. The minimum atomic E-state index is -3.26. The van der Waals surface area contributed by atoms with Crippen LogP contribution in [0.4, 0.5) is 0 Å². The quantitative estimate of drug-likeness (QED) is 0.749. The molecule has 5 nitrogen and oxygen atoms in total. The van der Waals surface area contributed by atoms with Crippen LogP contribution in [0, 0.1) is 0 Å². The molecule has 0 unspecified atom stereocenters. The van der Waals surface area contributed by atoms with E-state index in [0.717, 1.165) is 5.56 Å². The number of rotatable bonds is 9. The third-order valence-corrected chi connectivity index (χ3v) is 6.35. The Morgan fingerprint density at radius 3 is 2.48 bits per heavy atom. The fraction of sp³-hybridized carbons (Fsp3) is 0.526. The third kappa shape index (κ3) is 4.50. The standard InChI is InChI=1S/C19H25N3O2S/c23-25(24,13-10-15-4-2-1-3-5-15)20-11-12-22-19(17-8-9-17)14-18(21-22)16-6-7-16/h1-5,14,16-17,20H,6-13H2. The second-order valence-corrected chi connectivity index (χ2v) is 9.14. The number of hydrogen-bond acceptors (Lipinski definition) is 3. The highest BCUT2D eigenvalue weighted by Crippen LogP contribution is 2.44. The molecule has 0 amide bonds. The maximum Gasteiger partial charge on any atom is 0.211 e. The second-order valence-electron chi connectivity index (χ2n) is 7.21. The Balaban J connectivity index is 1.31. The summed E-state index contributed by atoms with van der Waals surface area (Å²) in [5.74, 6) is 1.40. The van der Waals surface area contributed by atoms with Crippen LogP contribution in [-0.4, -0.2) is 30.5 Å². The molecule has 1 N–H and O–H groups in total. The van der Waals surface area contributed by atoms with Gasteiger partial charge in [-0.15, -0.1) is 0 Å². The zero-order valence-corrected chi connectivity index (χ0v) is 15.2. The van der Waals surface area contributed by atoms with E-state index in [9.17, 15) is 8.42 Å². The summed E-state index contributed by atoms with van der Waals surface area (Å²) in [6.07, 6.45) is 5.49. The Bertz CT molecular complexity index is 822. The number of sulfonamides is 1. The van der Waals surface area contributed by atoms with Crippen molar-refractivity contribution in [2.75, 3.05) is 12.3 Å². The Morgan fingerprint density at radius 2 is 1.80 bits per heavy atom. The van der Waals surface area contributed by atoms with Crippen molar-refractivity contribution in [1.82, 2.24) is 14.5 Å². The van der Waals surface area contributed by atoms with Gasteiger partial charge in [0.1, 0.15) is 0 Å². The van der Waals surface area contributed by atoms with E-state index in [-0.39, 0.29) is 5.75 Å². The van der Waals surface area contributed by atoms with Gasteiger partial charge in [0.15, 0.2) is 0 Å². The van der Waals surface area contributed by atoms with Gasteiger partial charge >= 0.3 is 0 Å². The first-order valence-electron chi connectivity index (χ1n) is 9.20. The molecule has 134 valence electrons. The summed E-state index contributed by atoms with van der Waals surface area (Å²) < 4.78 is 29.2. The van der Waals surface area contributed by atoms with Crippen molar-refractivity contribution in [1.29, 1.82) is 0 Å². The van der Waals surface area contributed by atoms with Crippen LogP contribution in [0.3, 0.4) is 0 Å². The summed E-state index contributed by atoms with van der Waals surface area (Å²) in [6, 6.07) is 12.0. The summed E-state index contributed by atoms with van der Waals surface area (Å²) in [7, 11) is -3.26. The lowest BCUT2D eigenvalue weighted by Crippen LogP contribution is -2.30. The monoisotopic (exact) mass is 359 g/mol. The van der Waals surface area contributed by atoms with Gasteiger partial charge < -0.3 is 0 Å². The number of nitrogens with one attached hydrogen (secondary N) is 1. The van der Waals surface area contributed by atoms with Crippen LogP contribution in [0.2, 0.25) is 0 Å². The predicted octanol–water partition coefficient (Wildman–Crippen LogP) is 2.80. The van der Waals surface area contributed by atoms with Crippen molar-refractivity contribution in [2.45, 2.75) is 50.5 Å². The van der Waals surface area contributed by atoms with E-state index in [0.29, 0.717) is 31.3 Å². The molecule has 1 aromatic carbocycles. The summed E-state index contributed by atoms with van der Waals surface area (Å²) >= 11 is 0. The molecule has 25 heavy (non-hydrogen) atoms. The van der Waals surface area contributed by atoms with E-state index in [1.54, 1.807) is 0 Å². The van der Waals surface area contributed by atoms with Crippen molar-refractivity contribution in [3.63, 3.8) is 0 Å². The number of benzene rings is 1. The largest absolute Gasteiger partial charge is 0.268 e. The molecule has 6 heteroatoms. The van der Waals surface area contributed by atoms with Crippen LogP contribution in [-0.2, 0) is 23.0 Å². The van der Waals surface area contributed by atoms with Crippen LogP contribution >= 0.6 is 0 Å². The van der Waals surface area contributed by atoms with Gasteiger partial charge in [-0.25, -0.2) is 13.1 Å². The van der Waals surface area contributed by atoms with Crippen LogP contribution in [0.25, 0.3) is 0 Å². The SMILES string of the molecule is O=S(=O)(CCc1ccccc1)NCCn1nc(C2CC2)cc1C1CC1. The maximum atomic E-state index is 12.2. The van der Waals surface area contributed by atoms with E-state index in [1.165, 1.54) is 37.1 Å². The fourth-order valence-electron chi connectivity index (χ4n) is 3.19. The molecule has 0 aliphatic heterocycles. The van der Waals surface area contributed by atoms with Gasteiger partial charge in [-0.05, 0) is 43.7 Å². The maximum absolute atomic E-state index is 12.2. The highest BCUT2D eigenvalue weighted by Gasteiger charge is 2.32. The minimum absolute atomic E-state index is 0.124. The van der Waals surface area contributed by atoms with Gasteiger partial charge in [0.2, 0.25) is 10.0 Å². The zero-order chi connectivity index (χ0) is 17.3.